The molecule has 149 heavy (non-hydrogen) atoms. The fraction of sp³-hybridized carbons (Fsp3) is 0.671. The van der Waals surface area contributed by atoms with Crippen LogP contribution in [0.4, 0.5) is 0 Å². The Labute approximate surface area is 866 Å². The Balaban J connectivity index is 0.000000284. The summed E-state index contributed by atoms with van der Waals surface area (Å²) in [5.41, 5.74) is 6.40. The molecule has 5 fully saturated rings. The lowest BCUT2D eigenvalue weighted by Crippen LogP contribution is -2.42. The van der Waals surface area contributed by atoms with Crippen LogP contribution in [-0.2, 0) is 153 Å². The summed E-state index contributed by atoms with van der Waals surface area (Å²) in [7, 11) is -75.5. The third-order valence-corrected chi connectivity index (χ3v) is 46.6. The molecule has 858 valence electrons. The van der Waals surface area contributed by atoms with Crippen LogP contribution in [0.15, 0.2) is 158 Å². The van der Waals surface area contributed by atoms with Gasteiger partial charge >= 0.3 is 116 Å². The highest BCUT2D eigenvalue weighted by molar-refractivity contribution is 7.70. The molecule has 29 atom stereocenters. The van der Waals surface area contributed by atoms with Crippen LogP contribution in [0.2, 0.25) is 0 Å². The number of phosphoric ester groups is 5. The van der Waals surface area contributed by atoms with E-state index in [4.69, 9.17) is 70.9 Å². The molecule has 0 bridgehead atoms. The number of hydrogen-bond donors (Lipinski definition) is 16. The van der Waals surface area contributed by atoms with E-state index in [2.05, 4.69) is 114 Å². The predicted octanol–water partition coefficient (Wildman–Crippen LogP) is 18.6. The van der Waals surface area contributed by atoms with Crippen LogP contribution in [0, 0.1) is 62.6 Å². The van der Waals surface area contributed by atoms with Gasteiger partial charge in [-0.05, 0) is 128 Å². The maximum Gasteiger partial charge on any atom is 0.490 e. The van der Waals surface area contributed by atoms with Crippen molar-refractivity contribution in [3.05, 3.63) is 158 Å². The van der Waals surface area contributed by atoms with Crippen molar-refractivity contribution in [2.45, 2.75) is 218 Å². The molecular formula is C79H142N5O50P15. The van der Waals surface area contributed by atoms with Crippen molar-refractivity contribution in [1.82, 2.24) is 24.5 Å². The first-order valence-electron chi connectivity index (χ1n) is 45.0. The van der Waals surface area contributed by atoms with Gasteiger partial charge in [0.05, 0.1) is 57.5 Å². The third kappa shape index (κ3) is 41.0. The highest BCUT2D eigenvalue weighted by Gasteiger charge is 2.59. The summed E-state index contributed by atoms with van der Waals surface area (Å²) in [6.45, 7) is 62.1. The van der Waals surface area contributed by atoms with Crippen molar-refractivity contribution in [2.24, 2.45) is 62.6 Å². The van der Waals surface area contributed by atoms with Gasteiger partial charge in [-0.15, -0.1) is 0 Å². The van der Waals surface area contributed by atoms with Crippen LogP contribution in [0.25, 0.3) is 0 Å². The van der Waals surface area contributed by atoms with Crippen LogP contribution in [-0.4, -0.2) is 218 Å². The van der Waals surface area contributed by atoms with Gasteiger partial charge in [-0.1, -0.05) is 162 Å². The van der Waals surface area contributed by atoms with E-state index in [-0.39, 0.29) is 59.0 Å². The zero-order chi connectivity index (χ0) is 115. The molecule has 9 heterocycles. The largest absolute Gasteiger partial charge is 0.490 e. The molecule has 0 amide bonds. The normalized spacial score (nSPS) is 32.3. The fourth-order valence-corrected chi connectivity index (χ4v) is 34.0. The summed E-state index contributed by atoms with van der Waals surface area (Å²) in [5, 5.41) is 0. The topological polar surface area (TPSA) is 771 Å². The van der Waals surface area contributed by atoms with E-state index in [0.717, 1.165) is 70.9 Å². The molecule has 1 aliphatic carbocycles. The van der Waals surface area contributed by atoms with Gasteiger partial charge in [0.25, 0.3) is 0 Å². The maximum atomic E-state index is 12.1. The van der Waals surface area contributed by atoms with Gasteiger partial charge < -0.3 is 122 Å². The Morgan fingerprint density at radius 1 is 0.329 bits per heavy atom. The standard InChI is InChI=1S/2C16H28NO10P3.C16H30NO10P3.C16H30NO9P3.C15H26NO11P3/c2*1-11-7-8-17(12(2)9-11)15-16(4,5)13(3)14(25-15)10-24-29(20,21)27-30(22,23)26-28(6,18)19;1-11-7-8-12(2)17(9-11)15-16(4,5)13(3)14(25-15)10-24-29(20,21)27-30(22,23)26-28(6,18)19;1-12-8-6-7-9-17(12)15-10-14(13(2)16(15,3)4)11-24-28(20,21)26-29(22,23)25-27(5,18)19;1-10-6-7-16(11(2)8-10)14-15(4,5)12(3)13(25-14)9-24-29(20,21)27-30(22,23)26-28(17,18)19/h7-9,13-15H,2,10H2,1,3-6H3,(H,18,19)(H,20,21)(H,22,23);7-8,13-15H,1-2,9-10H2,3-6H3,(H,18,19)(H,20,21)(H,22,23);9,13-15H,2,7-8,10H2,1,3-6H3,(H,18,19)(H,20,21)(H,22,23);7,9,13-15H,1,6,8,10-11H2,2-5H3,(H,18,19)(H,20,21)(H,22,23);6-7,12-14H,1-2,8-9H2,3-5H3,(H,20,21)(H,22,23)(H2,17,18,19). The van der Waals surface area contributed by atoms with Gasteiger partial charge in [0.1, 0.15) is 24.9 Å². The molecular weight excluding hydrogens is 2280 g/mol. The van der Waals surface area contributed by atoms with E-state index in [1.54, 1.807) is 6.20 Å². The molecule has 0 aromatic heterocycles. The molecule has 10 rings (SSSR count). The second kappa shape index (κ2) is 50.5. The molecule has 0 radical (unpaired) electrons. The Bertz CT molecular complexity index is 5780. The van der Waals surface area contributed by atoms with E-state index >= 15 is 0 Å². The first-order chi connectivity index (χ1) is 66.8. The van der Waals surface area contributed by atoms with Crippen LogP contribution in [0.1, 0.15) is 163 Å². The average Bonchev–Trinajstić information content (AvgIpc) is 1.63. The SMILES string of the molecule is C=C1C=C(C)C=CN1C1OC(COP(=O)(O)OP(=O)(O)OP(C)(=O)O)C(C)C1(C)C.C=C1C=CN(C2OC(COP(=O)(O)OP(=O)(O)OP(=O)(O)O)C(C)C2(C)C)C(=C)C1.C=C1C=CN(C2OC(COP(=O)(O)OP(=O)(O)OP(C)(=O)O)C(C)C2(C)C)C(=C)C1.C=C1CCC(C)=CN1C1OC(COP(=O)(O)OP(=O)(O)OP(C)(=O)O)C(C)C1(C)C.C=C1CCC=CN1C1CC(COP(=O)(O)OP(=O)(O)OP(C)(=O)O)C(C)C1(C)C. The summed E-state index contributed by atoms with van der Waals surface area (Å²) in [5.74, 6) is -0.657. The highest BCUT2D eigenvalue weighted by Crippen LogP contribution is 2.73. The van der Waals surface area contributed by atoms with E-state index < -0.39 is 208 Å². The summed E-state index contributed by atoms with van der Waals surface area (Å²) in [6, 6.07) is 0.113. The van der Waals surface area contributed by atoms with Gasteiger partial charge in [0, 0.05) is 127 Å². The second-order valence-electron chi connectivity index (χ2n) is 40.0. The lowest BCUT2D eigenvalue weighted by molar-refractivity contribution is -0.0670. The average molecular weight is 2430 g/mol. The molecule has 9 aliphatic heterocycles. The lowest BCUT2D eigenvalue weighted by Gasteiger charge is -2.41. The van der Waals surface area contributed by atoms with Crippen molar-refractivity contribution >= 4 is 116 Å². The predicted molar refractivity (Wildman–Crippen MR) is 540 cm³/mol. The van der Waals surface area contributed by atoms with Crippen molar-refractivity contribution < 1.29 is 231 Å². The molecule has 0 aromatic rings. The zero-order valence-electron chi connectivity index (χ0n) is 85.8. The Kier molecular flexibility index (Phi) is 45.9. The van der Waals surface area contributed by atoms with Gasteiger partial charge in [0.15, 0.2) is 0 Å². The minimum Gasteiger partial charge on any atom is -0.352 e. The van der Waals surface area contributed by atoms with E-state index in [0.29, 0.717) is 45.9 Å². The minimum absolute atomic E-state index is 0.0982. The quantitative estimate of drug-likeness (QED) is 0.0253. The Morgan fingerprint density at radius 3 is 0.899 bits per heavy atom. The minimum atomic E-state index is -5.57. The molecule has 0 spiro atoms. The molecule has 16 N–H and O–H groups in total. The molecule has 10 aliphatic rings. The monoisotopic (exact) mass is 2430 g/mol. The summed E-state index contributed by atoms with van der Waals surface area (Å²) in [6.07, 6.45) is 19.9. The number of hydrogen-bond acceptors (Lipinski definition) is 39. The third-order valence-electron chi connectivity index (χ3n) is 26.1. The summed E-state index contributed by atoms with van der Waals surface area (Å²) >= 11 is 0. The fourth-order valence-electron chi connectivity index (χ4n) is 17.0. The van der Waals surface area contributed by atoms with Crippen LogP contribution >= 0.6 is 116 Å². The van der Waals surface area contributed by atoms with E-state index in [1.807, 2.05) is 173 Å². The first kappa shape index (κ1) is 135. The van der Waals surface area contributed by atoms with E-state index in [1.165, 1.54) is 5.57 Å². The van der Waals surface area contributed by atoms with Crippen molar-refractivity contribution in [3.8, 4) is 0 Å². The highest BCUT2D eigenvalue weighted by atomic mass is 31.3. The van der Waals surface area contributed by atoms with Crippen LogP contribution in [0.3, 0.4) is 0 Å². The lowest BCUT2D eigenvalue weighted by atomic mass is 9.77. The number of ether oxygens (including phenoxy) is 4. The van der Waals surface area contributed by atoms with Gasteiger partial charge in [0.2, 0.25) is 0 Å². The smallest absolute Gasteiger partial charge is 0.352 e. The summed E-state index contributed by atoms with van der Waals surface area (Å²) in [4.78, 5) is 158. The van der Waals surface area contributed by atoms with Crippen molar-refractivity contribution in [1.29, 1.82) is 0 Å². The molecule has 4 saturated heterocycles. The molecule has 0 aromatic carbocycles. The number of phosphoric acid groups is 11. The van der Waals surface area contributed by atoms with Crippen molar-refractivity contribution in [2.75, 3.05) is 59.7 Å². The van der Waals surface area contributed by atoms with Gasteiger partial charge in [-0.3, -0.25) is 40.9 Å². The van der Waals surface area contributed by atoms with Crippen LogP contribution < -0.4 is 0 Å². The molecule has 29 unspecified atom stereocenters. The van der Waals surface area contributed by atoms with Crippen LogP contribution in [0.5, 0.6) is 0 Å². The Hall–Kier alpha value is -2.33. The second-order valence-corrected chi connectivity index (χ2v) is 64.6. The van der Waals surface area contributed by atoms with E-state index in [9.17, 15) is 117 Å². The molecule has 1 saturated carbocycles. The van der Waals surface area contributed by atoms with Gasteiger partial charge in [-0.2, -0.15) is 25.9 Å². The molecule has 70 heteroatoms. The number of rotatable bonds is 40. The van der Waals surface area contributed by atoms with Gasteiger partial charge in [-0.25, -0.2) is 67.5 Å². The number of allylic oxidation sites excluding steroid dienone is 11. The molecule has 55 nitrogen and oxygen atoms in total. The first-order valence-corrected chi connectivity index (χ1v) is 69.6. The van der Waals surface area contributed by atoms with Crippen molar-refractivity contribution in [3.63, 3.8) is 0 Å². The zero-order valence-corrected chi connectivity index (χ0v) is 99.3. The maximum absolute atomic E-state index is 12.1. The summed E-state index contributed by atoms with van der Waals surface area (Å²) < 4.78 is 261. The Morgan fingerprint density at radius 2 is 0.611 bits per heavy atom. The number of nitrogens with zero attached hydrogens (tertiary/aromatic N) is 5.